The molecule has 0 spiro atoms. The molecule has 0 unspecified atom stereocenters. The van der Waals surface area contributed by atoms with E-state index in [1.807, 2.05) is 42.5 Å². The molecular weight excluding hydrogens is 340 g/mol. The number of carbonyl (C=O) groups is 1. The number of fused-ring (bicyclic) bond motifs is 1. The van der Waals surface area contributed by atoms with Gasteiger partial charge in [0.1, 0.15) is 0 Å². The zero-order valence-corrected chi connectivity index (χ0v) is 16.0. The maximum Gasteiger partial charge on any atom is 0.287 e. The number of furan rings is 1. The van der Waals surface area contributed by atoms with Gasteiger partial charge in [-0.1, -0.05) is 50.2 Å². The van der Waals surface area contributed by atoms with Gasteiger partial charge in [0.15, 0.2) is 17.1 Å². The summed E-state index contributed by atoms with van der Waals surface area (Å²) < 4.78 is 11.2. The average Bonchev–Trinajstić information content (AvgIpc) is 3.12. The molecule has 0 aliphatic heterocycles. The summed E-state index contributed by atoms with van der Waals surface area (Å²) in [6, 6.07) is 16.1. The van der Waals surface area contributed by atoms with E-state index in [2.05, 4.69) is 24.5 Å². The molecule has 0 bridgehead atoms. The molecule has 3 aromatic rings. The molecular formula is C22H26N2O3. The molecule has 1 amide bonds. The normalized spacial score (nSPS) is 11.1. The third-order valence-corrected chi connectivity index (χ3v) is 4.42. The van der Waals surface area contributed by atoms with Crippen molar-refractivity contribution < 1.29 is 13.9 Å². The summed E-state index contributed by atoms with van der Waals surface area (Å²) in [5.74, 6) is 0.710. The molecule has 0 fully saturated rings. The van der Waals surface area contributed by atoms with Gasteiger partial charge < -0.3 is 19.8 Å². The lowest BCUT2D eigenvalue weighted by Crippen LogP contribution is -2.25. The zero-order valence-electron chi connectivity index (χ0n) is 16.0. The van der Waals surface area contributed by atoms with Crippen LogP contribution in [0, 0.1) is 0 Å². The van der Waals surface area contributed by atoms with Crippen molar-refractivity contribution in [1.82, 2.24) is 10.6 Å². The minimum Gasteiger partial charge on any atom is -0.493 e. The number of carbonyl (C=O) groups excluding carboxylic acids is 1. The predicted octanol–water partition coefficient (Wildman–Crippen LogP) is 3.91. The summed E-state index contributed by atoms with van der Waals surface area (Å²) in [4.78, 5) is 12.5. The van der Waals surface area contributed by atoms with Crippen molar-refractivity contribution >= 4 is 16.9 Å². The topological polar surface area (TPSA) is 63.5 Å². The number of hydrogen-bond donors (Lipinski definition) is 2. The molecule has 0 saturated carbocycles. The molecule has 0 radical (unpaired) electrons. The van der Waals surface area contributed by atoms with Crippen LogP contribution >= 0.6 is 0 Å². The summed E-state index contributed by atoms with van der Waals surface area (Å²) in [6.07, 6.45) is 0.777. The van der Waals surface area contributed by atoms with Crippen molar-refractivity contribution in [2.45, 2.75) is 32.9 Å². The van der Waals surface area contributed by atoms with Crippen LogP contribution in [0.2, 0.25) is 0 Å². The van der Waals surface area contributed by atoms with E-state index in [1.165, 1.54) is 5.56 Å². The van der Waals surface area contributed by atoms with Crippen molar-refractivity contribution in [3.05, 3.63) is 65.4 Å². The van der Waals surface area contributed by atoms with Crippen molar-refractivity contribution in [3.63, 3.8) is 0 Å². The molecule has 2 aromatic carbocycles. The molecule has 0 saturated heterocycles. The number of hydrogen-bond acceptors (Lipinski definition) is 4. The van der Waals surface area contributed by atoms with Crippen LogP contribution in [-0.2, 0) is 13.0 Å². The lowest BCUT2D eigenvalue weighted by Gasteiger charge is -2.09. The van der Waals surface area contributed by atoms with E-state index in [0.29, 0.717) is 36.2 Å². The van der Waals surface area contributed by atoms with Gasteiger partial charge >= 0.3 is 0 Å². The highest BCUT2D eigenvalue weighted by molar-refractivity contribution is 5.98. The molecule has 3 rings (SSSR count). The summed E-state index contributed by atoms with van der Waals surface area (Å²) >= 11 is 0. The highest BCUT2D eigenvalue weighted by Gasteiger charge is 2.17. The average molecular weight is 366 g/mol. The van der Waals surface area contributed by atoms with Crippen molar-refractivity contribution in [1.29, 1.82) is 0 Å². The fraction of sp³-hybridized carbons (Fsp3) is 0.318. The van der Waals surface area contributed by atoms with E-state index >= 15 is 0 Å². The first-order valence-corrected chi connectivity index (χ1v) is 9.23. The van der Waals surface area contributed by atoms with Crippen LogP contribution in [-0.4, -0.2) is 25.6 Å². The maximum absolute atomic E-state index is 12.5. The fourth-order valence-corrected chi connectivity index (χ4v) is 2.95. The highest BCUT2D eigenvalue weighted by Crippen LogP contribution is 2.31. The summed E-state index contributed by atoms with van der Waals surface area (Å²) in [6.45, 7) is 5.45. The zero-order chi connectivity index (χ0) is 19.2. The van der Waals surface area contributed by atoms with Crippen molar-refractivity contribution in [3.8, 4) is 5.75 Å². The van der Waals surface area contributed by atoms with Gasteiger partial charge in [0.2, 0.25) is 0 Å². The molecule has 0 aliphatic carbocycles. The van der Waals surface area contributed by atoms with E-state index < -0.39 is 0 Å². The van der Waals surface area contributed by atoms with Gasteiger partial charge in [-0.15, -0.1) is 0 Å². The first-order valence-electron chi connectivity index (χ1n) is 9.23. The molecule has 142 valence electrons. The predicted molar refractivity (Wildman–Crippen MR) is 107 cm³/mol. The summed E-state index contributed by atoms with van der Waals surface area (Å²) in [5.41, 5.74) is 2.87. The van der Waals surface area contributed by atoms with Gasteiger partial charge in [0, 0.05) is 24.5 Å². The number of amides is 1. The van der Waals surface area contributed by atoms with Crippen LogP contribution in [0.25, 0.3) is 11.0 Å². The quantitative estimate of drug-likeness (QED) is 0.634. The van der Waals surface area contributed by atoms with Gasteiger partial charge in [0.25, 0.3) is 5.91 Å². The minimum absolute atomic E-state index is 0.216. The monoisotopic (exact) mass is 366 g/mol. The van der Waals surface area contributed by atoms with Gasteiger partial charge in [-0.05, 0) is 29.7 Å². The molecule has 1 aromatic heterocycles. The van der Waals surface area contributed by atoms with E-state index in [-0.39, 0.29) is 5.91 Å². The van der Waals surface area contributed by atoms with E-state index in [0.717, 1.165) is 17.4 Å². The van der Waals surface area contributed by atoms with Crippen LogP contribution in [0.15, 0.2) is 52.9 Å². The third kappa shape index (κ3) is 4.68. The van der Waals surface area contributed by atoms with Gasteiger partial charge in [-0.25, -0.2) is 0 Å². The molecule has 2 N–H and O–H groups in total. The number of rotatable bonds is 8. The lowest BCUT2D eigenvalue weighted by atomic mass is 10.1. The maximum atomic E-state index is 12.5. The SMILES string of the molecule is COc1ccc(CNC(C)C)c2cc(C(=O)NCCc3ccccc3)oc12. The Morgan fingerprint density at radius 1 is 1.15 bits per heavy atom. The van der Waals surface area contributed by atoms with Crippen molar-refractivity contribution in [2.24, 2.45) is 0 Å². The van der Waals surface area contributed by atoms with E-state index in [4.69, 9.17) is 9.15 Å². The number of benzene rings is 2. The van der Waals surface area contributed by atoms with Crippen LogP contribution in [0.5, 0.6) is 5.75 Å². The molecule has 5 nitrogen and oxygen atoms in total. The second-order valence-electron chi connectivity index (χ2n) is 6.81. The Morgan fingerprint density at radius 2 is 1.93 bits per heavy atom. The Kier molecular flexibility index (Phi) is 6.14. The third-order valence-electron chi connectivity index (χ3n) is 4.42. The second kappa shape index (κ2) is 8.73. The van der Waals surface area contributed by atoms with Gasteiger partial charge in [-0.2, -0.15) is 0 Å². The Bertz CT molecular complexity index is 901. The lowest BCUT2D eigenvalue weighted by molar-refractivity contribution is 0.0928. The van der Waals surface area contributed by atoms with Crippen molar-refractivity contribution in [2.75, 3.05) is 13.7 Å². The smallest absolute Gasteiger partial charge is 0.287 e. The summed E-state index contributed by atoms with van der Waals surface area (Å²) in [5, 5.41) is 7.22. The minimum atomic E-state index is -0.216. The molecule has 1 heterocycles. The largest absolute Gasteiger partial charge is 0.493 e. The van der Waals surface area contributed by atoms with Crippen LogP contribution in [0.4, 0.5) is 0 Å². The Hall–Kier alpha value is -2.79. The standard InChI is InChI=1S/C22H26N2O3/c1-15(2)24-14-17-9-10-19(26-3)21-18(17)13-20(27-21)22(25)23-12-11-16-7-5-4-6-8-16/h4-10,13,15,24H,11-12,14H2,1-3H3,(H,23,25). The van der Waals surface area contributed by atoms with Gasteiger partial charge in [-0.3, -0.25) is 4.79 Å². The summed E-state index contributed by atoms with van der Waals surface area (Å²) in [7, 11) is 1.60. The van der Waals surface area contributed by atoms with E-state index in [1.54, 1.807) is 13.2 Å². The number of nitrogens with one attached hydrogen (secondary N) is 2. The molecule has 27 heavy (non-hydrogen) atoms. The Morgan fingerprint density at radius 3 is 2.63 bits per heavy atom. The van der Waals surface area contributed by atoms with Crippen LogP contribution in [0.3, 0.4) is 0 Å². The molecule has 0 aliphatic rings. The first-order chi connectivity index (χ1) is 13.1. The second-order valence-corrected chi connectivity index (χ2v) is 6.81. The highest BCUT2D eigenvalue weighted by atomic mass is 16.5. The van der Waals surface area contributed by atoms with Crippen LogP contribution < -0.4 is 15.4 Å². The number of ether oxygens (including phenoxy) is 1. The Balaban J connectivity index is 1.75. The van der Waals surface area contributed by atoms with Crippen LogP contribution in [0.1, 0.15) is 35.5 Å². The first kappa shape index (κ1) is 19.0. The Labute approximate surface area is 159 Å². The number of methoxy groups -OCH3 is 1. The fourth-order valence-electron chi connectivity index (χ4n) is 2.95. The van der Waals surface area contributed by atoms with E-state index in [9.17, 15) is 4.79 Å². The molecule has 0 atom stereocenters. The molecule has 5 heteroatoms. The van der Waals surface area contributed by atoms with Gasteiger partial charge in [0.05, 0.1) is 7.11 Å².